The second-order valence-corrected chi connectivity index (χ2v) is 7.67. The molecule has 0 radical (unpaired) electrons. The van der Waals surface area contributed by atoms with E-state index in [4.69, 9.17) is 13.3 Å². The zero-order valence-electron chi connectivity index (χ0n) is 9.04. The van der Waals surface area contributed by atoms with Crippen LogP contribution in [0.1, 0.15) is 27.2 Å². The Morgan fingerprint density at radius 2 is 1.71 bits per heavy atom. The van der Waals surface area contributed by atoms with Crippen molar-refractivity contribution in [3.63, 3.8) is 0 Å². The maximum absolute atomic E-state index is 5.69. The first-order valence-electron chi connectivity index (χ1n) is 5.19. The van der Waals surface area contributed by atoms with Crippen molar-refractivity contribution < 1.29 is 31.4 Å². The Hall–Kier alpha value is 0.554. The van der Waals surface area contributed by atoms with Gasteiger partial charge in [0.15, 0.2) is 0 Å². The van der Waals surface area contributed by atoms with Crippen molar-refractivity contribution in [3.05, 3.63) is 0 Å². The second-order valence-electron chi connectivity index (χ2n) is 4.39. The third-order valence-corrected chi connectivity index (χ3v) is 6.31. The van der Waals surface area contributed by atoms with Crippen LogP contribution in [0.15, 0.2) is 0 Å². The van der Waals surface area contributed by atoms with Gasteiger partial charge in [0.25, 0.3) is 0 Å². The Bertz CT molecular complexity index is 194. The Morgan fingerprint density at radius 1 is 1.21 bits per heavy atom. The van der Waals surface area contributed by atoms with E-state index in [9.17, 15) is 0 Å². The molecule has 3 rings (SSSR count). The summed E-state index contributed by atoms with van der Waals surface area (Å²) in [5.41, 5.74) is 0.0906. The van der Waals surface area contributed by atoms with E-state index in [-0.39, 0.29) is 11.5 Å². The molecule has 14 heavy (non-hydrogen) atoms. The molecule has 3 saturated heterocycles. The summed E-state index contributed by atoms with van der Waals surface area (Å²) in [6.45, 7) is 8.34. The number of hydrogen-bond donors (Lipinski definition) is 0. The average Bonchev–Trinajstić information content (AvgIpc) is 2.19. The van der Waals surface area contributed by atoms with Crippen molar-refractivity contribution in [3.8, 4) is 0 Å². The van der Waals surface area contributed by atoms with Crippen LogP contribution in [0.3, 0.4) is 0 Å². The normalized spacial score (nSPS) is 42.0. The van der Waals surface area contributed by atoms with Crippen molar-refractivity contribution in [2.45, 2.75) is 33.3 Å². The van der Waals surface area contributed by atoms with Gasteiger partial charge in [-0.2, -0.15) is 0 Å². The van der Waals surface area contributed by atoms with Gasteiger partial charge in [-0.3, -0.25) is 0 Å². The average molecular weight is 238 g/mol. The van der Waals surface area contributed by atoms with Crippen LogP contribution in [0.4, 0.5) is 0 Å². The summed E-state index contributed by atoms with van der Waals surface area (Å²) in [5.74, 6) is 0. The third-order valence-electron chi connectivity index (χ3n) is 2.80. The summed E-state index contributed by atoms with van der Waals surface area (Å²) in [4.78, 5) is 0. The Balaban J connectivity index is 2.01. The molecule has 5 heteroatoms. The van der Waals surface area contributed by atoms with Crippen LogP contribution in [-0.4, -0.2) is 25.9 Å². The van der Waals surface area contributed by atoms with Gasteiger partial charge in [0.1, 0.15) is 0 Å². The van der Waals surface area contributed by atoms with Crippen LogP contribution in [0.25, 0.3) is 0 Å². The van der Waals surface area contributed by atoms with Gasteiger partial charge in [0, 0.05) is 0 Å². The molecular formula is C9H18O4Ti. The molecular weight excluding hydrogens is 220 g/mol. The summed E-state index contributed by atoms with van der Waals surface area (Å²) in [7, 11) is 0. The molecule has 0 spiro atoms. The minimum absolute atomic E-state index is 0.0906. The van der Waals surface area contributed by atoms with Gasteiger partial charge >= 0.3 is 89.9 Å². The molecule has 3 fully saturated rings. The molecule has 3 aliphatic rings. The first-order valence-corrected chi connectivity index (χ1v) is 7.74. The quantitative estimate of drug-likeness (QED) is 0.701. The zero-order valence-corrected chi connectivity index (χ0v) is 10.6. The van der Waals surface area contributed by atoms with Gasteiger partial charge in [-0.15, -0.1) is 0 Å². The predicted molar refractivity (Wildman–Crippen MR) is 46.8 cm³/mol. The topological polar surface area (TPSA) is 36.9 Å². The van der Waals surface area contributed by atoms with Gasteiger partial charge in [-0.05, 0) is 0 Å². The first kappa shape index (κ1) is 11.1. The van der Waals surface area contributed by atoms with Crippen LogP contribution >= 0.6 is 0 Å². The molecule has 0 aromatic heterocycles. The Morgan fingerprint density at radius 3 is 2.07 bits per heavy atom. The van der Waals surface area contributed by atoms with Crippen LogP contribution in [0, 0.1) is 5.41 Å². The predicted octanol–water partition coefficient (Wildman–Crippen LogP) is 1.70. The van der Waals surface area contributed by atoms with E-state index in [0.717, 1.165) is 26.2 Å². The van der Waals surface area contributed by atoms with Crippen LogP contribution in [0.2, 0.25) is 0 Å². The summed E-state index contributed by atoms with van der Waals surface area (Å²) >= 11 is -3.24. The van der Waals surface area contributed by atoms with Crippen molar-refractivity contribution in [1.82, 2.24) is 0 Å². The number of rotatable bonds is 3. The summed E-state index contributed by atoms with van der Waals surface area (Å²) in [5, 5.41) is 0. The van der Waals surface area contributed by atoms with Crippen molar-refractivity contribution >= 4 is 0 Å². The molecule has 0 unspecified atom stereocenters. The fraction of sp³-hybridized carbons (Fsp3) is 1.00. The molecule has 0 N–H and O–H groups in total. The molecule has 0 aliphatic carbocycles. The van der Waals surface area contributed by atoms with E-state index in [1.807, 2.05) is 13.8 Å². The van der Waals surface area contributed by atoms with Gasteiger partial charge in [-0.25, -0.2) is 0 Å². The van der Waals surface area contributed by atoms with E-state index < -0.39 is 18.1 Å². The second kappa shape index (κ2) is 3.85. The molecule has 3 heterocycles. The van der Waals surface area contributed by atoms with E-state index in [1.54, 1.807) is 0 Å². The molecule has 4 nitrogen and oxygen atoms in total. The van der Waals surface area contributed by atoms with E-state index >= 15 is 0 Å². The van der Waals surface area contributed by atoms with Gasteiger partial charge < -0.3 is 0 Å². The molecule has 0 atom stereocenters. The molecule has 0 saturated carbocycles. The standard InChI is InChI=1S/C6H11O3.C3H7O.Ti/c1-2-6(3-7,4-8)5-9;1-3(2)4;/h2-5H2,1H3;3H,1-2H3;/q-3;-1;+4. The first-order chi connectivity index (χ1) is 6.60. The van der Waals surface area contributed by atoms with E-state index in [0.29, 0.717) is 0 Å². The summed E-state index contributed by atoms with van der Waals surface area (Å²) in [6.07, 6.45) is 1.15. The van der Waals surface area contributed by atoms with Gasteiger partial charge in [0.2, 0.25) is 0 Å². The monoisotopic (exact) mass is 238 g/mol. The Labute approximate surface area is 90.1 Å². The molecule has 0 amide bonds. The fourth-order valence-electron chi connectivity index (χ4n) is 1.67. The van der Waals surface area contributed by atoms with Crippen molar-refractivity contribution in [1.29, 1.82) is 0 Å². The fourth-order valence-corrected chi connectivity index (χ4v) is 5.54. The number of hydrogen-bond acceptors (Lipinski definition) is 4. The van der Waals surface area contributed by atoms with Crippen LogP contribution in [-0.2, 0) is 31.4 Å². The van der Waals surface area contributed by atoms with Gasteiger partial charge in [0.05, 0.1) is 0 Å². The zero-order chi connectivity index (χ0) is 10.2. The third kappa shape index (κ3) is 1.92. The van der Waals surface area contributed by atoms with Crippen molar-refractivity contribution in [2.24, 2.45) is 5.41 Å². The molecule has 0 aromatic carbocycles. The van der Waals surface area contributed by atoms with Crippen molar-refractivity contribution in [2.75, 3.05) is 19.8 Å². The van der Waals surface area contributed by atoms with E-state index in [1.165, 1.54) is 0 Å². The minimum atomic E-state index is -3.24. The van der Waals surface area contributed by atoms with Gasteiger partial charge in [-0.1, -0.05) is 0 Å². The SMILES string of the molecule is CCC12C[O][Ti]([O]C(C)C)([O]C1)[O]C2. The van der Waals surface area contributed by atoms with Crippen LogP contribution < -0.4 is 0 Å². The molecule has 3 aliphatic heterocycles. The summed E-state index contributed by atoms with van der Waals surface area (Å²) in [6, 6.07) is 0. The Kier molecular flexibility index (Phi) is 3.04. The number of fused-ring (bicyclic) bond motifs is 3. The van der Waals surface area contributed by atoms with Crippen LogP contribution in [0.5, 0.6) is 0 Å². The molecule has 2 bridgehead atoms. The molecule has 82 valence electrons. The molecule has 0 aromatic rings. The van der Waals surface area contributed by atoms with E-state index in [2.05, 4.69) is 6.92 Å². The summed E-state index contributed by atoms with van der Waals surface area (Å²) < 4.78 is 22.7. The maximum atomic E-state index is 5.69.